The largest absolute Gasteiger partial charge is 0.383 e. The smallest absolute Gasteiger partial charge is 0.264 e. The van der Waals surface area contributed by atoms with Crippen molar-refractivity contribution < 1.29 is 14.3 Å². The van der Waals surface area contributed by atoms with Crippen LogP contribution in [-0.4, -0.2) is 53.3 Å². The van der Waals surface area contributed by atoms with Crippen LogP contribution in [0.4, 0.5) is 5.82 Å². The molecule has 0 radical (unpaired) electrons. The second-order valence-electron chi connectivity index (χ2n) is 8.66. The van der Waals surface area contributed by atoms with Gasteiger partial charge >= 0.3 is 0 Å². The number of ether oxygens (including phenoxy) is 1. The molecule has 0 bridgehead atoms. The number of nitrogens with zero attached hydrogens (tertiary/aromatic N) is 3. The fourth-order valence-electron chi connectivity index (χ4n) is 3.09. The Kier molecular flexibility index (Phi) is 7.48. The zero-order valence-corrected chi connectivity index (χ0v) is 20.0. The third-order valence-corrected chi connectivity index (χ3v) is 5.80. The average Bonchev–Trinajstić information content (AvgIpc) is 3.41. The summed E-state index contributed by atoms with van der Waals surface area (Å²) in [5.41, 5.74) is 2.67. The van der Waals surface area contributed by atoms with Crippen molar-refractivity contribution in [3.05, 3.63) is 64.0 Å². The Morgan fingerprint density at radius 1 is 1.19 bits per heavy atom. The minimum atomic E-state index is -0.292. The van der Waals surface area contributed by atoms with Crippen LogP contribution in [0.25, 0.3) is 5.69 Å². The molecule has 3 rings (SSSR count). The maximum Gasteiger partial charge on any atom is 0.264 e. The number of carbonyl (C=O) groups is 2. The van der Waals surface area contributed by atoms with E-state index < -0.39 is 0 Å². The zero-order valence-electron chi connectivity index (χ0n) is 19.2. The number of carbonyl (C=O) groups excluding carboxylic acids is 2. The van der Waals surface area contributed by atoms with Crippen molar-refractivity contribution in [3.63, 3.8) is 0 Å². The molecule has 32 heavy (non-hydrogen) atoms. The van der Waals surface area contributed by atoms with E-state index in [0.29, 0.717) is 23.8 Å². The standard InChI is InChI=1S/C24H30N4O3S/c1-17-8-10-18(11-9-17)28-21(15-20(26-28)24(2,3)4)25-22(29)16-27(12-13-31-5)23(30)19-7-6-14-32-19/h6-11,14-15H,12-13,16H2,1-5H3,(H,25,29). The summed E-state index contributed by atoms with van der Waals surface area (Å²) < 4.78 is 6.87. The van der Waals surface area contributed by atoms with Gasteiger partial charge in [-0.25, -0.2) is 4.68 Å². The number of hydrogen-bond acceptors (Lipinski definition) is 5. The van der Waals surface area contributed by atoms with E-state index in [2.05, 4.69) is 26.1 Å². The predicted molar refractivity (Wildman–Crippen MR) is 128 cm³/mol. The van der Waals surface area contributed by atoms with Gasteiger partial charge in [-0.3, -0.25) is 9.59 Å². The summed E-state index contributed by atoms with van der Waals surface area (Å²) in [4.78, 5) is 27.9. The summed E-state index contributed by atoms with van der Waals surface area (Å²) in [7, 11) is 1.57. The summed E-state index contributed by atoms with van der Waals surface area (Å²) in [5, 5.41) is 9.54. The highest BCUT2D eigenvalue weighted by Gasteiger charge is 2.23. The van der Waals surface area contributed by atoms with Gasteiger partial charge in [-0.1, -0.05) is 44.5 Å². The Morgan fingerprint density at radius 2 is 1.91 bits per heavy atom. The van der Waals surface area contributed by atoms with Gasteiger partial charge in [-0.05, 0) is 30.5 Å². The predicted octanol–water partition coefficient (Wildman–Crippen LogP) is 4.27. The Balaban J connectivity index is 1.84. The topological polar surface area (TPSA) is 76.5 Å². The molecule has 2 amide bonds. The van der Waals surface area contributed by atoms with E-state index >= 15 is 0 Å². The third kappa shape index (κ3) is 5.83. The van der Waals surface area contributed by atoms with E-state index in [9.17, 15) is 9.59 Å². The first-order chi connectivity index (χ1) is 15.2. The first kappa shape index (κ1) is 23.7. The number of methoxy groups -OCH3 is 1. The molecule has 2 aromatic heterocycles. The van der Waals surface area contributed by atoms with Gasteiger partial charge in [0.1, 0.15) is 12.4 Å². The fourth-order valence-corrected chi connectivity index (χ4v) is 3.78. The summed E-state index contributed by atoms with van der Waals surface area (Å²) in [6.07, 6.45) is 0. The van der Waals surface area contributed by atoms with Crippen molar-refractivity contribution in [2.75, 3.05) is 32.1 Å². The van der Waals surface area contributed by atoms with Crippen LogP contribution in [-0.2, 0) is 14.9 Å². The van der Waals surface area contributed by atoms with Gasteiger partial charge in [-0.15, -0.1) is 11.3 Å². The van der Waals surface area contributed by atoms with Crippen LogP contribution >= 0.6 is 11.3 Å². The van der Waals surface area contributed by atoms with Crippen molar-refractivity contribution in [1.82, 2.24) is 14.7 Å². The summed E-state index contributed by atoms with van der Waals surface area (Å²) in [6, 6.07) is 13.4. The number of benzene rings is 1. The van der Waals surface area contributed by atoms with Gasteiger partial charge in [0.2, 0.25) is 5.91 Å². The van der Waals surface area contributed by atoms with Gasteiger partial charge in [0.05, 0.1) is 22.9 Å². The highest BCUT2D eigenvalue weighted by molar-refractivity contribution is 7.12. The van der Waals surface area contributed by atoms with E-state index in [1.54, 1.807) is 17.9 Å². The Hall–Kier alpha value is -2.97. The summed E-state index contributed by atoms with van der Waals surface area (Å²) in [6.45, 7) is 8.84. The lowest BCUT2D eigenvalue weighted by Gasteiger charge is -2.21. The lowest BCUT2D eigenvalue weighted by atomic mass is 9.92. The van der Waals surface area contributed by atoms with Crippen LogP contribution in [0.1, 0.15) is 41.7 Å². The van der Waals surface area contributed by atoms with E-state index in [1.165, 1.54) is 16.2 Å². The lowest BCUT2D eigenvalue weighted by Crippen LogP contribution is -2.39. The number of aryl methyl sites for hydroxylation is 1. The molecule has 8 heteroatoms. The van der Waals surface area contributed by atoms with Gasteiger partial charge in [-0.2, -0.15) is 5.10 Å². The summed E-state index contributed by atoms with van der Waals surface area (Å²) in [5.74, 6) is 0.0911. The van der Waals surface area contributed by atoms with Crippen molar-refractivity contribution >= 4 is 29.0 Å². The average molecular weight is 455 g/mol. The molecule has 0 spiro atoms. The van der Waals surface area contributed by atoms with E-state index in [-0.39, 0.29) is 23.8 Å². The molecule has 0 saturated carbocycles. The molecule has 0 aliphatic carbocycles. The van der Waals surface area contributed by atoms with Crippen molar-refractivity contribution in [2.45, 2.75) is 33.1 Å². The van der Waals surface area contributed by atoms with Crippen LogP contribution in [0.3, 0.4) is 0 Å². The SMILES string of the molecule is COCCN(CC(=O)Nc1cc(C(C)(C)C)nn1-c1ccc(C)cc1)C(=O)c1cccs1. The Labute approximate surface area is 193 Å². The minimum Gasteiger partial charge on any atom is -0.383 e. The number of nitrogens with one attached hydrogen (secondary N) is 1. The fraction of sp³-hybridized carbons (Fsp3) is 0.375. The highest BCUT2D eigenvalue weighted by Crippen LogP contribution is 2.26. The van der Waals surface area contributed by atoms with Crippen molar-refractivity contribution in [1.29, 1.82) is 0 Å². The first-order valence-corrected chi connectivity index (χ1v) is 11.4. The third-order valence-electron chi connectivity index (χ3n) is 4.94. The molecule has 3 aromatic rings. The lowest BCUT2D eigenvalue weighted by molar-refractivity contribution is -0.117. The summed E-state index contributed by atoms with van der Waals surface area (Å²) >= 11 is 1.35. The van der Waals surface area contributed by atoms with Gasteiger partial charge in [0.15, 0.2) is 0 Å². The number of anilines is 1. The zero-order chi connectivity index (χ0) is 23.3. The second-order valence-corrected chi connectivity index (χ2v) is 9.60. The van der Waals surface area contributed by atoms with Crippen molar-refractivity contribution in [3.8, 4) is 5.69 Å². The molecule has 170 valence electrons. The minimum absolute atomic E-state index is 0.0793. The van der Waals surface area contributed by atoms with Crippen LogP contribution in [0, 0.1) is 6.92 Å². The molecule has 0 fully saturated rings. The number of hydrogen-bond donors (Lipinski definition) is 1. The van der Waals surface area contributed by atoms with Gasteiger partial charge in [0.25, 0.3) is 5.91 Å². The normalized spacial score (nSPS) is 11.4. The highest BCUT2D eigenvalue weighted by atomic mass is 32.1. The van der Waals surface area contributed by atoms with Crippen LogP contribution < -0.4 is 5.32 Å². The maximum absolute atomic E-state index is 13.0. The molecular weight excluding hydrogens is 424 g/mol. The number of rotatable bonds is 8. The molecule has 1 aromatic carbocycles. The maximum atomic E-state index is 13.0. The van der Waals surface area contributed by atoms with E-state index in [0.717, 1.165) is 16.9 Å². The molecule has 0 unspecified atom stereocenters. The molecule has 0 atom stereocenters. The van der Waals surface area contributed by atoms with Crippen molar-refractivity contribution in [2.24, 2.45) is 0 Å². The molecular formula is C24H30N4O3S. The van der Waals surface area contributed by atoms with Gasteiger partial charge in [0, 0.05) is 25.1 Å². The Morgan fingerprint density at radius 3 is 2.50 bits per heavy atom. The number of amides is 2. The van der Waals surface area contributed by atoms with E-state index in [1.807, 2.05) is 48.7 Å². The second kappa shape index (κ2) is 10.1. The molecule has 0 saturated heterocycles. The molecule has 0 aliphatic heterocycles. The molecule has 1 N–H and O–H groups in total. The molecule has 7 nitrogen and oxygen atoms in total. The quantitative estimate of drug-likeness (QED) is 0.552. The number of thiophene rings is 1. The first-order valence-electron chi connectivity index (χ1n) is 10.5. The van der Waals surface area contributed by atoms with E-state index in [4.69, 9.17) is 9.84 Å². The monoisotopic (exact) mass is 454 g/mol. The van der Waals surface area contributed by atoms with Crippen LogP contribution in [0.5, 0.6) is 0 Å². The number of aromatic nitrogens is 2. The van der Waals surface area contributed by atoms with Gasteiger partial charge < -0.3 is 15.0 Å². The Bertz CT molecular complexity index is 1050. The molecule has 2 heterocycles. The van der Waals surface area contributed by atoms with Crippen LogP contribution in [0.2, 0.25) is 0 Å². The van der Waals surface area contributed by atoms with Crippen LogP contribution in [0.15, 0.2) is 47.8 Å². The molecule has 0 aliphatic rings.